The first kappa shape index (κ1) is 11.2. The molecule has 0 saturated carbocycles. The second kappa shape index (κ2) is 4.55. The maximum atomic E-state index is 9.71. The molecule has 3 nitrogen and oxygen atoms in total. The molecule has 0 unspecified atom stereocenters. The van der Waals surface area contributed by atoms with Gasteiger partial charge in [-0.05, 0) is 41.9 Å². The summed E-state index contributed by atoms with van der Waals surface area (Å²) < 4.78 is 11.1. The number of hydrogen-bond acceptors (Lipinski definition) is 3. The van der Waals surface area contributed by atoms with Crippen LogP contribution in [0.25, 0.3) is 0 Å². The highest BCUT2D eigenvalue weighted by atomic mass is 79.9. The molecule has 1 N–H and O–H groups in total. The molecule has 1 rings (SSSR count). The maximum absolute atomic E-state index is 9.71. The number of ether oxygens (including phenoxy) is 2. The van der Waals surface area contributed by atoms with Gasteiger partial charge in [-0.3, -0.25) is 0 Å². The van der Waals surface area contributed by atoms with Crippen molar-refractivity contribution in [3.8, 4) is 17.2 Å². The molecule has 78 valence electrons. The van der Waals surface area contributed by atoms with Crippen LogP contribution in [0.1, 0.15) is 13.8 Å². The molecule has 14 heavy (non-hydrogen) atoms. The van der Waals surface area contributed by atoms with Crippen LogP contribution >= 0.6 is 15.9 Å². The molecule has 0 aliphatic carbocycles. The van der Waals surface area contributed by atoms with Gasteiger partial charge in [-0.2, -0.15) is 0 Å². The van der Waals surface area contributed by atoms with Crippen LogP contribution in [-0.2, 0) is 0 Å². The van der Waals surface area contributed by atoms with Gasteiger partial charge in [0.05, 0.1) is 17.7 Å². The lowest BCUT2D eigenvalue weighted by Gasteiger charge is -2.15. The number of methoxy groups -OCH3 is 1. The van der Waals surface area contributed by atoms with E-state index < -0.39 is 0 Å². The van der Waals surface area contributed by atoms with Crippen molar-refractivity contribution >= 4 is 15.9 Å². The van der Waals surface area contributed by atoms with Gasteiger partial charge >= 0.3 is 0 Å². The number of phenols is 1. The van der Waals surface area contributed by atoms with Gasteiger partial charge in [-0.1, -0.05) is 0 Å². The highest BCUT2D eigenvalue weighted by Crippen LogP contribution is 2.42. The molecule has 1 aromatic rings. The first-order valence-electron chi connectivity index (χ1n) is 4.28. The van der Waals surface area contributed by atoms with E-state index in [2.05, 4.69) is 15.9 Å². The molecule has 0 aliphatic rings. The minimum atomic E-state index is -0.0101. The third-order valence-electron chi connectivity index (χ3n) is 1.62. The summed E-state index contributed by atoms with van der Waals surface area (Å²) in [5.41, 5.74) is 0. The molecule has 0 bridgehead atoms. The second-order valence-corrected chi connectivity index (χ2v) is 3.95. The molecule has 0 fully saturated rings. The number of aromatic hydroxyl groups is 1. The summed E-state index contributed by atoms with van der Waals surface area (Å²) in [6.45, 7) is 3.78. The quantitative estimate of drug-likeness (QED) is 0.909. The Morgan fingerprint density at radius 3 is 2.50 bits per heavy atom. The molecular weight excluding hydrogens is 248 g/mol. The minimum Gasteiger partial charge on any atom is -0.503 e. The summed E-state index contributed by atoms with van der Waals surface area (Å²) in [6.07, 6.45) is -0.0101. The van der Waals surface area contributed by atoms with Gasteiger partial charge < -0.3 is 14.6 Å². The lowest BCUT2D eigenvalue weighted by atomic mass is 10.3. The molecule has 0 aromatic heterocycles. The standard InChI is InChI=1S/C10H13BrO3/c1-6(2)14-10-8(13-3)5-4-7(11)9(10)12/h4-6,12H,1-3H3. The zero-order chi connectivity index (χ0) is 10.7. The summed E-state index contributed by atoms with van der Waals surface area (Å²) in [5, 5.41) is 9.71. The van der Waals surface area contributed by atoms with Crippen molar-refractivity contribution in [2.24, 2.45) is 0 Å². The van der Waals surface area contributed by atoms with E-state index in [0.717, 1.165) is 0 Å². The fourth-order valence-electron chi connectivity index (χ4n) is 1.04. The Hall–Kier alpha value is -0.900. The van der Waals surface area contributed by atoms with Gasteiger partial charge in [0.1, 0.15) is 0 Å². The average molecular weight is 261 g/mol. The summed E-state index contributed by atoms with van der Waals surface area (Å²) in [4.78, 5) is 0. The van der Waals surface area contributed by atoms with Crippen molar-refractivity contribution in [1.29, 1.82) is 0 Å². The highest BCUT2D eigenvalue weighted by molar-refractivity contribution is 9.10. The number of phenolic OH excluding ortho intramolecular Hbond substituents is 1. The van der Waals surface area contributed by atoms with Crippen molar-refractivity contribution in [3.05, 3.63) is 16.6 Å². The summed E-state index contributed by atoms with van der Waals surface area (Å²) >= 11 is 3.21. The Labute approximate surface area is 91.8 Å². The Morgan fingerprint density at radius 1 is 1.36 bits per heavy atom. The van der Waals surface area contributed by atoms with E-state index >= 15 is 0 Å². The third-order valence-corrected chi connectivity index (χ3v) is 2.26. The van der Waals surface area contributed by atoms with Gasteiger partial charge in [-0.15, -0.1) is 0 Å². The first-order chi connectivity index (χ1) is 6.56. The third kappa shape index (κ3) is 2.32. The Morgan fingerprint density at radius 2 is 2.00 bits per heavy atom. The molecule has 0 radical (unpaired) electrons. The van der Waals surface area contributed by atoms with Crippen LogP contribution in [0.4, 0.5) is 0 Å². The molecule has 0 spiro atoms. The number of hydrogen-bond donors (Lipinski definition) is 1. The minimum absolute atomic E-state index is 0.0101. The van der Waals surface area contributed by atoms with Crippen LogP contribution < -0.4 is 9.47 Å². The fraction of sp³-hybridized carbons (Fsp3) is 0.400. The van der Waals surface area contributed by atoms with Gasteiger partial charge in [0.2, 0.25) is 5.75 Å². The van der Waals surface area contributed by atoms with E-state index in [1.807, 2.05) is 13.8 Å². The fourth-order valence-corrected chi connectivity index (χ4v) is 1.35. The summed E-state index contributed by atoms with van der Waals surface area (Å²) in [5.74, 6) is 0.967. The Balaban J connectivity index is 3.14. The molecule has 1 aromatic carbocycles. The SMILES string of the molecule is COc1ccc(Br)c(O)c1OC(C)C. The van der Waals surface area contributed by atoms with Gasteiger partial charge in [-0.25, -0.2) is 0 Å². The topological polar surface area (TPSA) is 38.7 Å². The maximum Gasteiger partial charge on any atom is 0.204 e. The summed E-state index contributed by atoms with van der Waals surface area (Å²) in [7, 11) is 1.54. The van der Waals surface area contributed by atoms with E-state index in [1.165, 1.54) is 7.11 Å². The summed E-state index contributed by atoms with van der Waals surface area (Å²) in [6, 6.07) is 3.45. The normalized spacial score (nSPS) is 10.4. The van der Waals surface area contributed by atoms with Crippen LogP contribution in [0.5, 0.6) is 17.2 Å². The lowest BCUT2D eigenvalue weighted by molar-refractivity contribution is 0.219. The van der Waals surface area contributed by atoms with Gasteiger partial charge in [0.15, 0.2) is 11.5 Å². The van der Waals surface area contributed by atoms with E-state index in [1.54, 1.807) is 12.1 Å². The lowest BCUT2D eigenvalue weighted by Crippen LogP contribution is -2.07. The number of rotatable bonds is 3. The van der Waals surface area contributed by atoms with Gasteiger partial charge in [0.25, 0.3) is 0 Å². The molecule has 0 atom stereocenters. The zero-order valence-electron chi connectivity index (χ0n) is 8.37. The predicted molar refractivity (Wildman–Crippen MR) is 58.1 cm³/mol. The van der Waals surface area contributed by atoms with E-state index in [-0.39, 0.29) is 11.9 Å². The monoisotopic (exact) mass is 260 g/mol. The smallest absolute Gasteiger partial charge is 0.204 e. The molecular formula is C10H13BrO3. The van der Waals surface area contributed by atoms with Crippen LogP contribution in [-0.4, -0.2) is 18.3 Å². The number of benzene rings is 1. The molecule has 0 aliphatic heterocycles. The van der Waals surface area contributed by atoms with Crippen LogP contribution in [0.15, 0.2) is 16.6 Å². The largest absolute Gasteiger partial charge is 0.503 e. The van der Waals surface area contributed by atoms with Crippen molar-refractivity contribution in [1.82, 2.24) is 0 Å². The van der Waals surface area contributed by atoms with Crippen LogP contribution in [0.3, 0.4) is 0 Å². The molecule has 0 amide bonds. The van der Waals surface area contributed by atoms with Crippen molar-refractivity contribution in [2.45, 2.75) is 20.0 Å². The average Bonchev–Trinajstić information content (AvgIpc) is 2.13. The second-order valence-electron chi connectivity index (χ2n) is 3.09. The highest BCUT2D eigenvalue weighted by Gasteiger charge is 2.14. The zero-order valence-corrected chi connectivity index (χ0v) is 9.96. The van der Waals surface area contributed by atoms with E-state index in [9.17, 15) is 5.11 Å². The Kier molecular flexibility index (Phi) is 3.63. The van der Waals surface area contributed by atoms with Crippen LogP contribution in [0.2, 0.25) is 0 Å². The molecule has 0 heterocycles. The molecule has 4 heteroatoms. The van der Waals surface area contributed by atoms with E-state index in [0.29, 0.717) is 16.0 Å². The number of halogens is 1. The van der Waals surface area contributed by atoms with Crippen molar-refractivity contribution in [2.75, 3.05) is 7.11 Å². The Bertz CT molecular complexity index is 323. The van der Waals surface area contributed by atoms with E-state index in [4.69, 9.17) is 9.47 Å². The first-order valence-corrected chi connectivity index (χ1v) is 5.07. The van der Waals surface area contributed by atoms with Crippen molar-refractivity contribution < 1.29 is 14.6 Å². The predicted octanol–water partition coefficient (Wildman–Crippen LogP) is 2.95. The van der Waals surface area contributed by atoms with Crippen LogP contribution in [0, 0.1) is 0 Å². The van der Waals surface area contributed by atoms with Crippen molar-refractivity contribution in [3.63, 3.8) is 0 Å². The van der Waals surface area contributed by atoms with Gasteiger partial charge in [0, 0.05) is 0 Å². The molecule has 0 saturated heterocycles.